The van der Waals surface area contributed by atoms with Gasteiger partial charge in [-0.3, -0.25) is 9.79 Å². The molecule has 0 aromatic heterocycles. The maximum absolute atomic E-state index is 11.7. The highest BCUT2D eigenvalue weighted by Crippen LogP contribution is 2.13. The Bertz CT molecular complexity index is 786. The molecule has 6 nitrogen and oxygen atoms in total. The molecule has 0 heterocycles. The molecule has 2 rings (SSSR count). The van der Waals surface area contributed by atoms with Crippen molar-refractivity contribution in [2.45, 2.75) is 13.0 Å². The van der Waals surface area contributed by atoms with Crippen LogP contribution >= 0.6 is 0 Å². The number of nitrogens with zero attached hydrogens (tertiary/aromatic N) is 2. The van der Waals surface area contributed by atoms with Gasteiger partial charge in [-0.1, -0.05) is 24.3 Å². The number of rotatable bonds is 7. The van der Waals surface area contributed by atoms with Crippen molar-refractivity contribution in [1.29, 1.82) is 0 Å². The second-order valence-corrected chi connectivity index (χ2v) is 6.45. The molecule has 0 aliphatic heterocycles. The molecule has 0 saturated carbocycles. The van der Waals surface area contributed by atoms with E-state index in [0.717, 1.165) is 24.5 Å². The first-order valence-electron chi connectivity index (χ1n) is 9.05. The molecular weight excluding hydrogens is 338 g/mol. The van der Waals surface area contributed by atoms with Gasteiger partial charge in [0.25, 0.3) is 5.91 Å². The van der Waals surface area contributed by atoms with Crippen molar-refractivity contribution in [1.82, 2.24) is 16.0 Å². The topological polar surface area (TPSA) is 68.8 Å². The number of carbonyl (C=O) groups is 1. The van der Waals surface area contributed by atoms with Crippen LogP contribution in [-0.4, -0.2) is 46.6 Å². The highest BCUT2D eigenvalue weighted by Gasteiger charge is 2.04. The number of guanidine groups is 1. The van der Waals surface area contributed by atoms with Gasteiger partial charge in [0.05, 0.1) is 0 Å². The molecule has 0 bridgehead atoms. The molecule has 0 saturated heterocycles. The standard InChI is InChI=1S/C21H29N5O/c1-22-20(27)18-9-5-7-16(13-18)11-12-24-21(23-2)25-15-17-8-6-10-19(14-17)26(3)4/h5-10,13-14H,11-12,15H2,1-4H3,(H,22,27)(H2,23,24,25). The molecule has 0 aliphatic carbocycles. The molecule has 0 atom stereocenters. The Kier molecular flexibility index (Phi) is 7.67. The number of anilines is 1. The molecular formula is C21H29N5O. The van der Waals surface area contributed by atoms with Crippen molar-refractivity contribution < 1.29 is 4.79 Å². The normalized spacial score (nSPS) is 11.0. The van der Waals surface area contributed by atoms with Crippen LogP contribution < -0.4 is 20.9 Å². The molecule has 0 unspecified atom stereocenters. The fourth-order valence-corrected chi connectivity index (χ4v) is 2.69. The third kappa shape index (κ3) is 6.33. The summed E-state index contributed by atoms with van der Waals surface area (Å²) in [6.45, 7) is 1.43. The zero-order chi connectivity index (χ0) is 19.6. The summed E-state index contributed by atoms with van der Waals surface area (Å²) in [5.41, 5.74) is 4.16. The summed E-state index contributed by atoms with van der Waals surface area (Å²) in [4.78, 5) is 18.1. The number of benzene rings is 2. The van der Waals surface area contributed by atoms with Crippen molar-refractivity contribution in [3.63, 3.8) is 0 Å². The maximum atomic E-state index is 11.7. The molecule has 2 aromatic rings. The minimum Gasteiger partial charge on any atom is -0.378 e. The van der Waals surface area contributed by atoms with Gasteiger partial charge in [-0.05, 0) is 41.8 Å². The highest BCUT2D eigenvalue weighted by molar-refractivity contribution is 5.94. The van der Waals surface area contributed by atoms with Crippen LogP contribution in [0.15, 0.2) is 53.5 Å². The van der Waals surface area contributed by atoms with Crippen LogP contribution in [0.5, 0.6) is 0 Å². The number of amides is 1. The van der Waals surface area contributed by atoms with Crippen LogP contribution in [0.25, 0.3) is 0 Å². The van der Waals surface area contributed by atoms with Crippen LogP contribution in [0.3, 0.4) is 0 Å². The van der Waals surface area contributed by atoms with E-state index >= 15 is 0 Å². The Labute approximate surface area is 161 Å². The average molecular weight is 367 g/mol. The molecule has 2 aromatic carbocycles. The van der Waals surface area contributed by atoms with Gasteiger partial charge in [-0.15, -0.1) is 0 Å². The van der Waals surface area contributed by atoms with Gasteiger partial charge in [-0.25, -0.2) is 0 Å². The van der Waals surface area contributed by atoms with E-state index in [1.54, 1.807) is 14.1 Å². The summed E-state index contributed by atoms with van der Waals surface area (Å²) >= 11 is 0. The van der Waals surface area contributed by atoms with Crippen molar-refractivity contribution in [2.24, 2.45) is 4.99 Å². The first-order valence-corrected chi connectivity index (χ1v) is 9.05. The third-order valence-corrected chi connectivity index (χ3v) is 4.23. The van der Waals surface area contributed by atoms with Crippen LogP contribution in [0.4, 0.5) is 5.69 Å². The van der Waals surface area contributed by atoms with Crippen molar-refractivity contribution >= 4 is 17.6 Å². The third-order valence-electron chi connectivity index (χ3n) is 4.23. The molecule has 0 spiro atoms. The maximum Gasteiger partial charge on any atom is 0.251 e. The Morgan fingerprint density at radius 3 is 2.48 bits per heavy atom. The second kappa shape index (κ2) is 10.2. The van der Waals surface area contributed by atoms with Gasteiger partial charge < -0.3 is 20.9 Å². The molecule has 0 aliphatic rings. The summed E-state index contributed by atoms with van der Waals surface area (Å²) in [5.74, 6) is 0.690. The van der Waals surface area contributed by atoms with E-state index in [1.165, 1.54) is 11.3 Å². The predicted molar refractivity (Wildman–Crippen MR) is 113 cm³/mol. The van der Waals surface area contributed by atoms with Gasteiger partial charge in [0, 0.05) is 52.5 Å². The lowest BCUT2D eigenvalue weighted by Crippen LogP contribution is -2.37. The van der Waals surface area contributed by atoms with Gasteiger partial charge in [0.1, 0.15) is 0 Å². The first kappa shape index (κ1) is 20.3. The van der Waals surface area contributed by atoms with Crippen LogP contribution in [0.2, 0.25) is 0 Å². The summed E-state index contributed by atoms with van der Waals surface area (Å²) in [5, 5.41) is 9.30. The molecule has 0 radical (unpaired) electrons. The molecule has 1 amide bonds. The second-order valence-electron chi connectivity index (χ2n) is 6.45. The quantitative estimate of drug-likeness (QED) is 0.517. The fraction of sp³-hybridized carbons (Fsp3) is 0.333. The van der Waals surface area contributed by atoms with Gasteiger partial charge in [0.15, 0.2) is 5.96 Å². The largest absolute Gasteiger partial charge is 0.378 e. The minimum atomic E-state index is -0.0674. The Balaban J connectivity index is 1.84. The molecule has 3 N–H and O–H groups in total. The molecule has 0 fully saturated rings. The number of hydrogen-bond donors (Lipinski definition) is 3. The van der Waals surface area contributed by atoms with E-state index in [-0.39, 0.29) is 5.91 Å². The summed E-state index contributed by atoms with van der Waals surface area (Å²) in [7, 11) is 7.47. The van der Waals surface area contributed by atoms with Gasteiger partial charge >= 0.3 is 0 Å². The lowest BCUT2D eigenvalue weighted by molar-refractivity contribution is 0.0963. The van der Waals surface area contributed by atoms with E-state index in [4.69, 9.17) is 0 Å². The molecule has 6 heteroatoms. The number of carbonyl (C=O) groups excluding carboxylic acids is 1. The summed E-state index contributed by atoms with van der Waals surface area (Å²) in [6, 6.07) is 16.1. The minimum absolute atomic E-state index is 0.0674. The number of nitrogens with one attached hydrogen (secondary N) is 3. The van der Waals surface area contributed by atoms with Crippen molar-refractivity contribution in [2.75, 3.05) is 39.6 Å². The van der Waals surface area contributed by atoms with Gasteiger partial charge in [-0.2, -0.15) is 0 Å². The van der Waals surface area contributed by atoms with Crippen LogP contribution in [0, 0.1) is 0 Å². The zero-order valence-electron chi connectivity index (χ0n) is 16.5. The van der Waals surface area contributed by atoms with Crippen LogP contribution in [-0.2, 0) is 13.0 Å². The molecule has 27 heavy (non-hydrogen) atoms. The van der Waals surface area contributed by atoms with E-state index in [2.05, 4.69) is 50.1 Å². The Morgan fingerprint density at radius 2 is 1.78 bits per heavy atom. The molecule has 144 valence electrons. The van der Waals surface area contributed by atoms with E-state index in [9.17, 15) is 4.79 Å². The number of aliphatic imine (C=N–C) groups is 1. The average Bonchev–Trinajstić information content (AvgIpc) is 2.70. The van der Waals surface area contributed by atoms with E-state index in [1.807, 2.05) is 38.4 Å². The van der Waals surface area contributed by atoms with Gasteiger partial charge in [0.2, 0.25) is 0 Å². The zero-order valence-corrected chi connectivity index (χ0v) is 16.5. The van der Waals surface area contributed by atoms with Crippen molar-refractivity contribution in [3.05, 3.63) is 65.2 Å². The fourth-order valence-electron chi connectivity index (χ4n) is 2.69. The first-order chi connectivity index (χ1) is 13.0. The van der Waals surface area contributed by atoms with Crippen molar-refractivity contribution in [3.8, 4) is 0 Å². The van der Waals surface area contributed by atoms with E-state index in [0.29, 0.717) is 12.1 Å². The summed E-state index contributed by atoms with van der Waals surface area (Å²) in [6.07, 6.45) is 0.807. The number of hydrogen-bond acceptors (Lipinski definition) is 3. The van der Waals surface area contributed by atoms with E-state index < -0.39 is 0 Å². The Hall–Kier alpha value is -3.02. The Morgan fingerprint density at radius 1 is 1.04 bits per heavy atom. The smallest absolute Gasteiger partial charge is 0.251 e. The monoisotopic (exact) mass is 367 g/mol. The highest BCUT2D eigenvalue weighted by atomic mass is 16.1. The lowest BCUT2D eigenvalue weighted by atomic mass is 10.1. The van der Waals surface area contributed by atoms with Crippen LogP contribution in [0.1, 0.15) is 21.5 Å². The summed E-state index contributed by atoms with van der Waals surface area (Å²) < 4.78 is 0. The predicted octanol–water partition coefficient (Wildman–Crippen LogP) is 2.02. The SMILES string of the molecule is CN=C(NCCc1cccc(C(=O)NC)c1)NCc1cccc(N(C)C)c1. The lowest BCUT2D eigenvalue weighted by Gasteiger charge is -2.15.